The summed E-state index contributed by atoms with van der Waals surface area (Å²) in [6.07, 6.45) is 2.68. The molecule has 0 bridgehead atoms. The number of nitrogens with zero attached hydrogens (tertiary/aromatic N) is 2. The van der Waals surface area contributed by atoms with Crippen molar-refractivity contribution in [3.63, 3.8) is 0 Å². The highest BCUT2D eigenvalue weighted by Gasteiger charge is 2.28. The maximum Gasteiger partial charge on any atom is 0.341 e. The monoisotopic (exact) mass is 375 g/mol. The van der Waals surface area contributed by atoms with Crippen molar-refractivity contribution in [1.29, 1.82) is 0 Å². The second kappa shape index (κ2) is 7.31. The molecule has 27 heavy (non-hydrogen) atoms. The molecule has 0 saturated carbocycles. The third kappa shape index (κ3) is 3.20. The van der Waals surface area contributed by atoms with E-state index in [4.69, 9.17) is 5.73 Å². The van der Waals surface area contributed by atoms with Crippen LogP contribution in [-0.2, 0) is 13.0 Å². The molecule has 2 atom stereocenters. The first-order valence-electron chi connectivity index (χ1n) is 9.42. The number of carbonyl (C=O) groups is 1. The molecule has 1 saturated heterocycles. The van der Waals surface area contributed by atoms with E-state index in [2.05, 4.69) is 6.92 Å². The van der Waals surface area contributed by atoms with E-state index < -0.39 is 17.2 Å². The van der Waals surface area contributed by atoms with Crippen LogP contribution >= 0.6 is 0 Å². The van der Waals surface area contributed by atoms with Gasteiger partial charge in [-0.05, 0) is 31.7 Å². The van der Waals surface area contributed by atoms with E-state index >= 15 is 4.39 Å². The summed E-state index contributed by atoms with van der Waals surface area (Å²) in [5, 5.41) is 9.45. The molecule has 0 spiro atoms. The van der Waals surface area contributed by atoms with Crippen molar-refractivity contribution in [2.24, 2.45) is 11.7 Å². The SMILES string of the molecule is CCc1c(N2CCC(N)C(C)C2)c(F)cc2c(=O)c(C(=O)O)cn(CC)c12. The van der Waals surface area contributed by atoms with Crippen molar-refractivity contribution in [3.8, 4) is 0 Å². The maximum atomic E-state index is 15.2. The number of carboxylic acid groups (broad SMARTS) is 1. The quantitative estimate of drug-likeness (QED) is 0.858. The van der Waals surface area contributed by atoms with Gasteiger partial charge >= 0.3 is 5.97 Å². The minimum absolute atomic E-state index is 0.0989. The largest absolute Gasteiger partial charge is 0.477 e. The average Bonchev–Trinajstić information content (AvgIpc) is 2.63. The number of pyridine rings is 1. The second-order valence-electron chi connectivity index (χ2n) is 7.27. The van der Waals surface area contributed by atoms with E-state index in [0.717, 1.165) is 12.0 Å². The van der Waals surface area contributed by atoms with E-state index in [1.165, 1.54) is 12.3 Å². The highest BCUT2D eigenvalue weighted by atomic mass is 19.1. The second-order valence-corrected chi connectivity index (χ2v) is 7.27. The predicted octanol–water partition coefficient (Wildman–Crippen LogP) is 2.59. The summed E-state index contributed by atoms with van der Waals surface area (Å²) in [5.74, 6) is -1.55. The van der Waals surface area contributed by atoms with Crippen LogP contribution in [0.25, 0.3) is 10.9 Å². The maximum absolute atomic E-state index is 15.2. The van der Waals surface area contributed by atoms with Gasteiger partial charge in [-0.3, -0.25) is 4.79 Å². The van der Waals surface area contributed by atoms with Gasteiger partial charge in [0.15, 0.2) is 0 Å². The van der Waals surface area contributed by atoms with Crippen molar-refractivity contribution >= 4 is 22.6 Å². The van der Waals surface area contributed by atoms with Gasteiger partial charge in [0.1, 0.15) is 11.4 Å². The number of fused-ring (bicyclic) bond motifs is 1. The Morgan fingerprint density at radius 1 is 1.41 bits per heavy atom. The summed E-state index contributed by atoms with van der Waals surface area (Å²) >= 11 is 0. The molecule has 1 fully saturated rings. The Morgan fingerprint density at radius 3 is 2.67 bits per heavy atom. The number of piperidine rings is 1. The minimum atomic E-state index is -1.30. The van der Waals surface area contributed by atoms with Crippen LogP contribution in [0.2, 0.25) is 0 Å². The lowest BCUT2D eigenvalue weighted by molar-refractivity contribution is 0.0695. The van der Waals surface area contributed by atoms with Gasteiger partial charge in [0.25, 0.3) is 0 Å². The van der Waals surface area contributed by atoms with Crippen molar-refractivity contribution < 1.29 is 14.3 Å². The molecule has 7 heteroatoms. The Labute approximate surface area is 157 Å². The summed E-state index contributed by atoms with van der Waals surface area (Å²) in [5.41, 5.74) is 6.99. The zero-order chi connectivity index (χ0) is 19.9. The first-order valence-corrected chi connectivity index (χ1v) is 9.42. The van der Waals surface area contributed by atoms with E-state index in [1.807, 2.05) is 18.7 Å². The summed E-state index contributed by atoms with van der Waals surface area (Å²) in [6, 6.07) is 1.30. The smallest absolute Gasteiger partial charge is 0.341 e. The van der Waals surface area contributed by atoms with E-state index in [9.17, 15) is 14.7 Å². The normalized spacial score (nSPS) is 20.3. The molecule has 1 aliphatic rings. The van der Waals surface area contributed by atoms with Gasteiger partial charge in [0.2, 0.25) is 5.43 Å². The van der Waals surface area contributed by atoms with Crippen molar-refractivity contribution in [2.45, 2.75) is 46.2 Å². The standard InChI is InChI=1S/C20H26FN3O3/c1-4-12-17-13(19(25)14(20(26)27)10-23(17)5-2)8-15(21)18(12)24-7-6-16(22)11(3)9-24/h8,10-11,16H,4-7,9,22H2,1-3H3,(H,26,27). The zero-order valence-corrected chi connectivity index (χ0v) is 16.0. The molecule has 6 nitrogen and oxygen atoms in total. The Morgan fingerprint density at radius 2 is 2.11 bits per heavy atom. The van der Waals surface area contributed by atoms with Gasteiger partial charge < -0.3 is 20.3 Å². The van der Waals surface area contributed by atoms with Crippen molar-refractivity contribution in [3.05, 3.63) is 39.4 Å². The summed E-state index contributed by atoms with van der Waals surface area (Å²) in [4.78, 5) is 26.1. The van der Waals surface area contributed by atoms with E-state index in [1.54, 1.807) is 4.57 Å². The van der Waals surface area contributed by atoms with Crippen LogP contribution in [0.3, 0.4) is 0 Å². The molecule has 1 aromatic heterocycles. The number of aromatic nitrogens is 1. The Hall–Kier alpha value is -2.41. The number of nitrogens with two attached hydrogens (primary N) is 1. The van der Waals surface area contributed by atoms with Gasteiger partial charge in [-0.15, -0.1) is 0 Å². The Balaban J connectivity index is 2.31. The van der Waals surface area contributed by atoms with Crippen LogP contribution in [-0.4, -0.2) is 34.8 Å². The predicted molar refractivity (Wildman–Crippen MR) is 104 cm³/mol. The van der Waals surface area contributed by atoms with Gasteiger partial charge in [0, 0.05) is 42.8 Å². The van der Waals surface area contributed by atoms with Crippen LogP contribution in [0.5, 0.6) is 0 Å². The van der Waals surface area contributed by atoms with Crippen molar-refractivity contribution in [2.75, 3.05) is 18.0 Å². The average molecular weight is 375 g/mol. The lowest BCUT2D eigenvalue weighted by atomic mass is 9.93. The molecular weight excluding hydrogens is 349 g/mol. The summed E-state index contributed by atoms with van der Waals surface area (Å²) in [6.45, 7) is 7.65. The number of carboxylic acids is 1. The molecule has 2 unspecified atom stereocenters. The molecule has 0 aliphatic carbocycles. The fourth-order valence-electron chi connectivity index (χ4n) is 4.05. The molecule has 0 amide bonds. The van der Waals surface area contributed by atoms with Gasteiger partial charge in [-0.1, -0.05) is 13.8 Å². The Kier molecular flexibility index (Phi) is 5.24. The number of halogens is 1. The molecule has 3 rings (SSSR count). The first-order chi connectivity index (χ1) is 12.8. The lowest BCUT2D eigenvalue weighted by Gasteiger charge is -2.38. The number of hydrogen-bond donors (Lipinski definition) is 2. The van der Waals surface area contributed by atoms with Crippen LogP contribution < -0.4 is 16.1 Å². The van der Waals surface area contributed by atoms with Crippen LogP contribution in [0, 0.1) is 11.7 Å². The molecule has 3 N–H and O–H groups in total. The summed E-state index contributed by atoms with van der Waals surface area (Å²) in [7, 11) is 0. The van der Waals surface area contributed by atoms with Crippen LogP contribution in [0.1, 0.15) is 43.1 Å². The fraction of sp³-hybridized carbons (Fsp3) is 0.500. The number of aryl methyl sites for hydroxylation is 2. The fourth-order valence-corrected chi connectivity index (χ4v) is 4.05. The molecule has 2 heterocycles. The molecule has 1 aromatic carbocycles. The third-order valence-electron chi connectivity index (χ3n) is 5.60. The van der Waals surface area contributed by atoms with E-state index in [0.29, 0.717) is 37.3 Å². The van der Waals surface area contributed by atoms with Crippen LogP contribution in [0.15, 0.2) is 17.1 Å². The first kappa shape index (κ1) is 19.4. The highest BCUT2D eigenvalue weighted by Crippen LogP contribution is 2.34. The number of aromatic carboxylic acids is 1. The highest BCUT2D eigenvalue weighted by molar-refractivity contribution is 5.95. The van der Waals surface area contributed by atoms with Crippen molar-refractivity contribution in [1.82, 2.24) is 4.57 Å². The zero-order valence-electron chi connectivity index (χ0n) is 16.0. The topological polar surface area (TPSA) is 88.6 Å². The molecule has 0 radical (unpaired) electrons. The third-order valence-corrected chi connectivity index (χ3v) is 5.60. The van der Waals surface area contributed by atoms with E-state index in [-0.39, 0.29) is 22.9 Å². The molecule has 146 valence electrons. The van der Waals surface area contributed by atoms with Gasteiger partial charge in [-0.25, -0.2) is 9.18 Å². The summed E-state index contributed by atoms with van der Waals surface area (Å²) < 4.78 is 16.9. The number of anilines is 1. The lowest BCUT2D eigenvalue weighted by Crippen LogP contribution is -2.46. The van der Waals surface area contributed by atoms with Gasteiger partial charge in [-0.2, -0.15) is 0 Å². The molecular formula is C20H26FN3O3. The number of rotatable bonds is 4. The minimum Gasteiger partial charge on any atom is -0.477 e. The molecule has 1 aliphatic heterocycles. The molecule has 2 aromatic rings. The number of benzene rings is 1. The van der Waals surface area contributed by atoms with Gasteiger partial charge in [0.05, 0.1) is 11.2 Å². The van der Waals surface area contributed by atoms with Crippen LogP contribution in [0.4, 0.5) is 10.1 Å². The number of hydrogen-bond acceptors (Lipinski definition) is 4. The Bertz CT molecular complexity index is 954.